The number of hydrogen-bond donors (Lipinski definition) is 4. The lowest BCUT2D eigenvalue weighted by Gasteiger charge is -2.22. The summed E-state index contributed by atoms with van der Waals surface area (Å²) in [4.78, 5) is 12.4. The largest absolute Gasteiger partial charge is 0.488 e. The van der Waals surface area contributed by atoms with E-state index in [2.05, 4.69) is 10.6 Å². The molecule has 0 radical (unpaired) electrons. The van der Waals surface area contributed by atoms with E-state index in [1.165, 1.54) is 0 Å². The highest BCUT2D eigenvalue weighted by atomic mass is 16.5. The van der Waals surface area contributed by atoms with Gasteiger partial charge in [-0.25, -0.2) is 4.79 Å². The summed E-state index contributed by atoms with van der Waals surface area (Å²) in [5.41, 5.74) is 9.74. The predicted octanol–water partition coefficient (Wildman–Crippen LogP) is 4.98. The predicted molar refractivity (Wildman–Crippen MR) is 131 cm³/mol. The van der Waals surface area contributed by atoms with Crippen molar-refractivity contribution in [2.75, 3.05) is 5.32 Å². The van der Waals surface area contributed by atoms with E-state index in [1.807, 2.05) is 80.6 Å². The SMILES string of the molecule is CCc1c(OCc2ccccc2)cc(OCc2ccccc2)c(CC)c1NC(=O)NC(=N)N. The van der Waals surface area contributed by atoms with Crippen molar-refractivity contribution < 1.29 is 14.3 Å². The summed E-state index contributed by atoms with van der Waals surface area (Å²) in [7, 11) is 0. The normalized spacial score (nSPS) is 10.4. The van der Waals surface area contributed by atoms with Gasteiger partial charge in [-0.3, -0.25) is 10.7 Å². The number of amides is 2. The van der Waals surface area contributed by atoms with E-state index in [4.69, 9.17) is 20.6 Å². The van der Waals surface area contributed by atoms with Gasteiger partial charge in [-0.05, 0) is 24.0 Å². The summed E-state index contributed by atoms with van der Waals surface area (Å²) in [5.74, 6) is 0.847. The third-order valence-corrected chi connectivity index (χ3v) is 5.13. The first kappa shape index (κ1) is 23.7. The molecule has 2 amide bonds. The Bertz CT molecular complexity index is 1020. The molecule has 0 aliphatic rings. The van der Waals surface area contributed by atoms with Crippen LogP contribution in [0.4, 0.5) is 10.5 Å². The molecule has 3 rings (SSSR count). The van der Waals surface area contributed by atoms with Gasteiger partial charge in [-0.1, -0.05) is 74.5 Å². The molecule has 0 saturated heterocycles. The summed E-state index contributed by atoms with van der Waals surface area (Å²) >= 11 is 0. The molecule has 3 aromatic carbocycles. The summed E-state index contributed by atoms with van der Waals surface area (Å²) in [6.45, 7) is 4.78. The molecule has 7 nitrogen and oxygen atoms in total. The molecule has 0 unspecified atom stereocenters. The molecule has 0 aromatic heterocycles. The number of nitrogens with one attached hydrogen (secondary N) is 3. The maximum absolute atomic E-state index is 12.4. The molecule has 0 fully saturated rings. The molecule has 0 aliphatic carbocycles. The quantitative estimate of drug-likeness (QED) is 0.274. The van der Waals surface area contributed by atoms with Crippen LogP contribution < -0.4 is 25.8 Å². The van der Waals surface area contributed by atoms with Crippen molar-refractivity contribution in [3.8, 4) is 11.5 Å². The second kappa shape index (κ2) is 11.6. The Morgan fingerprint density at radius 1 is 0.848 bits per heavy atom. The van der Waals surface area contributed by atoms with Gasteiger partial charge in [0, 0.05) is 17.2 Å². The first-order chi connectivity index (χ1) is 16.0. The van der Waals surface area contributed by atoms with Crippen molar-refractivity contribution in [3.05, 3.63) is 89.0 Å². The van der Waals surface area contributed by atoms with E-state index < -0.39 is 12.0 Å². The lowest BCUT2D eigenvalue weighted by atomic mass is 10.00. The molecule has 0 saturated carbocycles. The third kappa shape index (κ3) is 6.49. The molecule has 0 bridgehead atoms. The molecule has 172 valence electrons. The fraction of sp³-hybridized carbons (Fsp3) is 0.231. The fourth-order valence-electron chi connectivity index (χ4n) is 3.57. The number of carbonyl (C=O) groups is 1. The number of carbonyl (C=O) groups excluding carboxylic acids is 1. The average Bonchev–Trinajstić information content (AvgIpc) is 2.82. The van der Waals surface area contributed by atoms with Crippen LogP contribution in [0.25, 0.3) is 0 Å². The van der Waals surface area contributed by atoms with Crippen LogP contribution in [-0.2, 0) is 26.1 Å². The van der Waals surface area contributed by atoms with Crippen molar-refractivity contribution in [1.82, 2.24) is 5.32 Å². The van der Waals surface area contributed by atoms with Crippen molar-refractivity contribution in [2.24, 2.45) is 5.73 Å². The molecule has 0 aliphatic heterocycles. The van der Waals surface area contributed by atoms with E-state index in [0.29, 0.717) is 43.2 Å². The van der Waals surface area contributed by atoms with Gasteiger partial charge < -0.3 is 20.5 Å². The minimum Gasteiger partial charge on any atom is -0.488 e. The third-order valence-electron chi connectivity index (χ3n) is 5.13. The number of anilines is 1. The van der Waals surface area contributed by atoms with Crippen LogP contribution in [0.15, 0.2) is 66.7 Å². The smallest absolute Gasteiger partial charge is 0.326 e. The second-order valence-electron chi connectivity index (χ2n) is 7.45. The minimum atomic E-state index is -0.582. The molecule has 0 spiro atoms. The summed E-state index contributed by atoms with van der Waals surface area (Å²) in [6.07, 6.45) is 1.26. The van der Waals surface area contributed by atoms with E-state index >= 15 is 0 Å². The van der Waals surface area contributed by atoms with Gasteiger partial charge in [0.1, 0.15) is 24.7 Å². The van der Waals surface area contributed by atoms with E-state index in [9.17, 15) is 4.79 Å². The molecule has 33 heavy (non-hydrogen) atoms. The van der Waals surface area contributed by atoms with Crippen LogP contribution in [0.5, 0.6) is 11.5 Å². The first-order valence-electron chi connectivity index (χ1n) is 11.0. The Hall–Kier alpha value is -4.00. The molecule has 7 heteroatoms. The van der Waals surface area contributed by atoms with Gasteiger partial charge in [0.05, 0.1) is 5.69 Å². The van der Waals surface area contributed by atoms with Crippen LogP contribution >= 0.6 is 0 Å². The van der Waals surface area contributed by atoms with Crippen LogP contribution in [0, 0.1) is 5.41 Å². The van der Waals surface area contributed by atoms with Gasteiger partial charge in [-0.15, -0.1) is 0 Å². The van der Waals surface area contributed by atoms with Gasteiger partial charge in [0.2, 0.25) is 0 Å². The maximum Gasteiger partial charge on any atom is 0.326 e. The van der Waals surface area contributed by atoms with Crippen molar-refractivity contribution in [2.45, 2.75) is 39.9 Å². The first-order valence-corrected chi connectivity index (χ1v) is 11.0. The summed E-state index contributed by atoms with van der Waals surface area (Å²) < 4.78 is 12.4. The van der Waals surface area contributed by atoms with Gasteiger partial charge in [-0.2, -0.15) is 0 Å². The molecule has 3 aromatic rings. The Balaban J connectivity index is 1.98. The van der Waals surface area contributed by atoms with E-state index in [0.717, 1.165) is 22.3 Å². The number of urea groups is 1. The molecular formula is C26H30N4O3. The number of nitrogens with two attached hydrogens (primary N) is 1. The van der Waals surface area contributed by atoms with Crippen molar-refractivity contribution >= 4 is 17.7 Å². The Morgan fingerprint density at radius 3 is 1.70 bits per heavy atom. The van der Waals surface area contributed by atoms with Crippen LogP contribution in [0.1, 0.15) is 36.1 Å². The monoisotopic (exact) mass is 446 g/mol. The van der Waals surface area contributed by atoms with Crippen LogP contribution in [0.3, 0.4) is 0 Å². The summed E-state index contributed by atoms with van der Waals surface area (Å²) in [6, 6.07) is 21.1. The highest BCUT2D eigenvalue weighted by Gasteiger charge is 2.20. The highest BCUT2D eigenvalue weighted by molar-refractivity contribution is 6.02. The molecule has 0 heterocycles. The fourth-order valence-corrected chi connectivity index (χ4v) is 3.57. The second-order valence-corrected chi connectivity index (χ2v) is 7.45. The minimum absolute atomic E-state index is 0.385. The average molecular weight is 447 g/mol. The Labute approximate surface area is 194 Å². The lowest BCUT2D eigenvalue weighted by Crippen LogP contribution is -2.39. The number of guanidine groups is 1. The van der Waals surface area contributed by atoms with Crippen LogP contribution in [0.2, 0.25) is 0 Å². The summed E-state index contributed by atoms with van der Waals surface area (Å²) in [5, 5.41) is 12.5. The topological polar surface area (TPSA) is 109 Å². The van der Waals surface area contributed by atoms with Crippen molar-refractivity contribution in [3.63, 3.8) is 0 Å². The van der Waals surface area contributed by atoms with Gasteiger partial charge >= 0.3 is 6.03 Å². The van der Waals surface area contributed by atoms with E-state index in [1.54, 1.807) is 0 Å². The maximum atomic E-state index is 12.4. The number of ether oxygens (including phenoxy) is 2. The zero-order chi connectivity index (χ0) is 23.6. The van der Waals surface area contributed by atoms with E-state index in [-0.39, 0.29) is 0 Å². The Morgan fingerprint density at radius 2 is 1.30 bits per heavy atom. The molecule has 5 N–H and O–H groups in total. The molecular weight excluding hydrogens is 416 g/mol. The van der Waals surface area contributed by atoms with Crippen LogP contribution in [-0.4, -0.2) is 12.0 Å². The van der Waals surface area contributed by atoms with Crippen molar-refractivity contribution in [1.29, 1.82) is 5.41 Å². The number of rotatable bonds is 9. The molecule has 0 atom stereocenters. The van der Waals surface area contributed by atoms with Gasteiger partial charge in [0.25, 0.3) is 0 Å². The number of hydrogen-bond acceptors (Lipinski definition) is 4. The van der Waals surface area contributed by atoms with Gasteiger partial charge in [0.15, 0.2) is 5.96 Å². The zero-order valence-electron chi connectivity index (χ0n) is 19.0. The standard InChI is InChI=1S/C26H30N4O3/c1-3-20-22(32-16-18-11-7-5-8-12-18)15-23(33-17-19-13-9-6-10-14-19)21(4-2)24(20)29-26(31)30-25(27)28/h5-15H,3-4,16-17H2,1-2H3,(H5,27,28,29,30,31). The zero-order valence-corrected chi connectivity index (χ0v) is 19.0. The Kier molecular flexibility index (Phi) is 8.30. The lowest BCUT2D eigenvalue weighted by molar-refractivity contribution is 0.256. The highest BCUT2D eigenvalue weighted by Crippen LogP contribution is 2.39. The number of benzene rings is 3.